The average Bonchev–Trinajstić information content (AvgIpc) is 2.76. The van der Waals surface area contributed by atoms with Crippen LogP contribution in [0.5, 0.6) is 5.75 Å². The van der Waals surface area contributed by atoms with Crippen molar-refractivity contribution in [2.75, 3.05) is 20.3 Å². The molecule has 0 spiro atoms. The van der Waals surface area contributed by atoms with Crippen molar-refractivity contribution in [2.45, 2.75) is 50.0 Å². The largest absolute Gasteiger partial charge is 0.494 e. The number of hydrogen-bond donors (Lipinski definition) is 4. The zero-order valence-electron chi connectivity index (χ0n) is 17.8. The summed E-state index contributed by atoms with van der Waals surface area (Å²) in [5, 5.41) is 42.1. The number of aliphatic hydroxyl groups excluding tert-OH is 3. The van der Waals surface area contributed by atoms with Gasteiger partial charge in [-0.3, -0.25) is 0 Å². The Balaban J connectivity index is 1.96. The maximum atomic E-state index is 10.8. The highest BCUT2D eigenvalue weighted by molar-refractivity contribution is 6.31. The minimum atomic E-state index is -1.87. The SMILES string of the molecule is CCOc1ccc(Cc2cc([C@]3(OC)O[C@H](CO)[C@](C)(O)[C@H](O)[C@H]3O)ccc2Cl)cc1. The van der Waals surface area contributed by atoms with Gasteiger partial charge in [0.25, 0.3) is 0 Å². The summed E-state index contributed by atoms with van der Waals surface area (Å²) in [6.07, 6.45) is -3.92. The number of aliphatic hydroxyl groups is 4. The molecule has 0 aliphatic carbocycles. The molecule has 0 aromatic heterocycles. The molecule has 4 N–H and O–H groups in total. The van der Waals surface area contributed by atoms with Gasteiger partial charge in [0.15, 0.2) is 0 Å². The van der Waals surface area contributed by atoms with Gasteiger partial charge in [-0.1, -0.05) is 29.8 Å². The molecule has 0 unspecified atom stereocenters. The molecule has 31 heavy (non-hydrogen) atoms. The minimum Gasteiger partial charge on any atom is -0.494 e. The van der Waals surface area contributed by atoms with Crippen LogP contribution < -0.4 is 4.74 Å². The summed E-state index contributed by atoms with van der Waals surface area (Å²) in [5.74, 6) is -1.02. The van der Waals surface area contributed by atoms with Gasteiger partial charge in [0, 0.05) is 17.7 Å². The first-order valence-electron chi connectivity index (χ1n) is 10.1. The Hall–Kier alpha value is -1.71. The highest BCUT2D eigenvalue weighted by atomic mass is 35.5. The third-order valence-electron chi connectivity index (χ3n) is 5.80. The molecule has 1 aliphatic heterocycles. The molecule has 1 saturated heterocycles. The summed E-state index contributed by atoms with van der Waals surface area (Å²) in [7, 11) is 1.32. The molecule has 170 valence electrons. The summed E-state index contributed by atoms with van der Waals surface area (Å²) < 4.78 is 16.9. The van der Waals surface area contributed by atoms with Crippen LogP contribution in [0.3, 0.4) is 0 Å². The number of benzene rings is 2. The molecule has 2 aromatic rings. The number of rotatable bonds is 7. The maximum Gasteiger partial charge on any atom is 0.224 e. The molecule has 0 saturated carbocycles. The third kappa shape index (κ3) is 4.45. The molecule has 0 bridgehead atoms. The summed E-state index contributed by atoms with van der Waals surface area (Å²) in [4.78, 5) is 0. The van der Waals surface area contributed by atoms with Crippen LogP contribution in [0.4, 0.5) is 0 Å². The van der Waals surface area contributed by atoms with Crippen molar-refractivity contribution in [3.05, 3.63) is 64.2 Å². The Morgan fingerprint density at radius 2 is 1.77 bits per heavy atom. The minimum absolute atomic E-state index is 0.404. The Morgan fingerprint density at radius 3 is 2.35 bits per heavy atom. The second kappa shape index (κ2) is 9.42. The lowest BCUT2D eigenvalue weighted by Gasteiger charge is -2.52. The molecule has 2 aromatic carbocycles. The molecule has 1 heterocycles. The fraction of sp³-hybridized carbons (Fsp3) is 0.478. The van der Waals surface area contributed by atoms with Gasteiger partial charge in [-0.25, -0.2) is 0 Å². The van der Waals surface area contributed by atoms with Crippen molar-refractivity contribution >= 4 is 11.6 Å². The Kier molecular flexibility index (Phi) is 7.28. The zero-order valence-corrected chi connectivity index (χ0v) is 18.5. The third-order valence-corrected chi connectivity index (χ3v) is 6.17. The predicted octanol–water partition coefficient (Wildman–Crippen LogP) is 1.99. The lowest BCUT2D eigenvalue weighted by Crippen LogP contribution is -2.69. The first-order chi connectivity index (χ1) is 14.7. The van der Waals surface area contributed by atoms with Gasteiger partial charge < -0.3 is 34.6 Å². The molecule has 1 fully saturated rings. The summed E-state index contributed by atoms with van der Waals surface area (Å²) in [6.45, 7) is 3.22. The molecule has 7 nitrogen and oxygen atoms in total. The van der Waals surface area contributed by atoms with E-state index in [0.29, 0.717) is 23.6 Å². The van der Waals surface area contributed by atoms with Crippen LogP contribution >= 0.6 is 11.6 Å². The molecule has 0 amide bonds. The van der Waals surface area contributed by atoms with Gasteiger partial charge in [-0.05, 0) is 55.7 Å². The van der Waals surface area contributed by atoms with Crippen molar-refractivity contribution in [3.63, 3.8) is 0 Å². The summed E-state index contributed by atoms with van der Waals surface area (Å²) >= 11 is 6.42. The zero-order chi connectivity index (χ0) is 22.8. The average molecular weight is 453 g/mol. The fourth-order valence-electron chi connectivity index (χ4n) is 3.88. The molecule has 8 heteroatoms. The Morgan fingerprint density at radius 1 is 1.10 bits per heavy atom. The molecular formula is C23H29ClO7. The van der Waals surface area contributed by atoms with Gasteiger partial charge in [0.05, 0.1) is 13.2 Å². The van der Waals surface area contributed by atoms with E-state index in [0.717, 1.165) is 16.9 Å². The van der Waals surface area contributed by atoms with Crippen LogP contribution in [0.25, 0.3) is 0 Å². The molecule has 1 aliphatic rings. The second-order valence-corrected chi connectivity index (χ2v) is 8.24. The van der Waals surface area contributed by atoms with E-state index in [4.69, 9.17) is 25.8 Å². The van der Waals surface area contributed by atoms with E-state index in [-0.39, 0.29) is 0 Å². The monoisotopic (exact) mass is 452 g/mol. The quantitative estimate of drug-likeness (QED) is 0.508. The van der Waals surface area contributed by atoms with Crippen molar-refractivity contribution in [2.24, 2.45) is 0 Å². The van der Waals surface area contributed by atoms with E-state index in [1.165, 1.54) is 14.0 Å². The van der Waals surface area contributed by atoms with E-state index in [1.807, 2.05) is 31.2 Å². The van der Waals surface area contributed by atoms with E-state index < -0.39 is 36.3 Å². The fourth-order valence-corrected chi connectivity index (χ4v) is 4.07. The van der Waals surface area contributed by atoms with Crippen LogP contribution in [0.2, 0.25) is 5.02 Å². The van der Waals surface area contributed by atoms with Gasteiger partial charge in [-0.15, -0.1) is 0 Å². The van der Waals surface area contributed by atoms with Crippen LogP contribution in [0.15, 0.2) is 42.5 Å². The van der Waals surface area contributed by atoms with E-state index in [9.17, 15) is 20.4 Å². The smallest absolute Gasteiger partial charge is 0.224 e. The highest BCUT2D eigenvalue weighted by Gasteiger charge is 2.60. The number of ether oxygens (including phenoxy) is 3. The number of halogens is 1. The van der Waals surface area contributed by atoms with Crippen LogP contribution in [0.1, 0.15) is 30.5 Å². The first-order valence-corrected chi connectivity index (χ1v) is 10.5. The first kappa shape index (κ1) is 23.9. The molecular weight excluding hydrogens is 424 g/mol. The molecule has 0 radical (unpaired) electrons. The van der Waals surface area contributed by atoms with Crippen molar-refractivity contribution in [3.8, 4) is 5.75 Å². The number of methoxy groups -OCH3 is 1. The van der Waals surface area contributed by atoms with Gasteiger partial charge in [0.2, 0.25) is 5.79 Å². The van der Waals surface area contributed by atoms with Crippen LogP contribution in [-0.2, 0) is 21.7 Å². The Labute approximate surface area is 186 Å². The summed E-state index contributed by atoms with van der Waals surface area (Å²) in [6, 6.07) is 12.6. The molecule has 3 rings (SSSR count). The van der Waals surface area contributed by atoms with Crippen LogP contribution in [-0.4, -0.2) is 64.7 Å². The van der Waals surface area contributed by atoms with E-state index >= 15 is 0 Å². The number of hydrogen-bond acceptors (Lipinski definition) is 7. The van der Waals surface area contributed by atoms with Gasteiger partial charge in [0.1, 0.15) is 29.7 Å². The lowest BCUT2D eigenvalue weighted by atomic mass is 9.80. The standard InChI is InChI=1S/C23H29ClO7/c1-4-30-17-8-5-14(6-9-17)11-15-12-16(7-10-18(15)24)23(29-3)21(27)20(26)22(2,28)19(13-25)31-23/h5-10,12,19-21,25-28H,4,11,13H2,1-3H3/t19-,20-,21-,22+,23+/m1/s1. The van der Waals surface area contributed by atoms with Gasteiger partial charge in [-0.2, -0.15) is 0 Å². The van der Waals surface area contributed by atoms with E-state index in [2.05, 4.69) is 0 Å². The normalized spacial score (nSPS) is 30.9. The van der Waals surface area contributed by atoms with Gasteiger partial charge >= 0.3 is 0 Å². The highest BCUT2D eigenvalue weighted by Crippen LogP contribution is 2.43. The Bertz CT molecular complexity index is 882. The van der Waals surface area contributed by atoms with Crippen LogP contribution in [0, 0.1) is 0 Å². The van der Waals surface area contributed by atoms with Crippen molar-refractivity contribution in [1.29, 1.82) is 0 Å². The van der Waals surface area contributed by atoms with E-state index in [1.54, 1.807) is 18.2 Å². The lowest BCUT2D eigenvalue weighted by molar-refractivity contribution is -0.385. The van der Waals surface area contributed by atoms with Crippen molar-refractivity contribution in [1.82, 2.24) is 0 Å². The molecule has 5 atom stereocenters. The predicted molar refractivity (Wildman–Crippen MR) is 115 cm³/mol. The topological polar surface area (TPSA) is 109 Å². The maximum absolute atomic E-state index is 10.8. The summed E-state index contributed by atoms with van der Waals surface area (Å²) in [5.41, 5.74) is 0.285. The second-order valence-electron chi connectivity index (χ2n) is 7.84. The van der Waals surface area contributed by atoms with Crippen molar-refractivity contribution < 1.29 is 34.6 Å².